The van der Waals surface area contributed by atoms with Crippen LogP contribution in [0.5, 0.6) is 34.5 Å². The lowest BCUT2D eigenvalue weighted by Gasteiger charge is -2.07. The monoisotopic (exact) mass is 482 g/mol. The van der Waals surface area contributed by atoms with Gasteiger partial charge in [-0.2, -0.15) is 0 Å². The highest BCUT2D eigenvalue weighted by molar-refractivity contribution is 5.81. The number of azo groups is 1. The number of aromatic hydroxyl groups is 6. The smallest absolute Gasteiger partial charge is 0.147 e. The first-order chi connectivity index (χ1) is 17.3. The van der Waals surface area contributed by atoms with Gasteiger partial charge in [0.15, 0.2) is 0 Å². The molecule has 0 atom stereocenters. The molecule has 0 amide bonds. The summed E-state index contributed by atoms with van der Waals surface area (Å²) in [6.07, 6.45) is 6.64. The van der Waals surface area contributed by atoms with Gasteiger partial charge in [-0.1, -0.05) is 48.6 Å². The van der Waals surface area contributed by atoms with Gasteiger partial charge in [-0.05, 0) is 47.5 Å². The Hall–Kier alpha value is -5.24. The molecule has 8 heteroatoms. The van der Waals surface area contributed by atoms with Crippen LogP contribution in [0.25, 0.3) is 24.3 Å². The molecule has 0 unspecified atom stereocenters. The van der Waals surface area contributed by atoms with Crippen LogP contribution >= 0.6 is 0 Å². The van der Waals surface area contributed by atoms with E-state index >= 15 is 0 Å². The third kappa shape index (κ3) is 5.81. The second-order valence-electron chi connectivity index (χ2n) is 7.86. The molecule has 6 N–H and O–H groups in total. The van der Waals surface area contributed by atoms with Crippen LogP contribution in [0, 0.1) is 0 Å². The van der Waals surface area contributed by atoms with Crippen molar-refractivity contribution in [3.63, 3.8) is 0 Å². The molecule has 4 rings (SSSR count). The first-order valence-electron chi connectivity index (χ1n) is 10.8. The number of hydrogen-bond donors (Lipinski definition) is 6. The average molecular weight is 482 g/mol. The quantitative estimate of drug-likeness (QED) is 0.134. The minimum absolute atomic E-state index is 0.0452. The maximum atomic E-state index is 10.4. The largest absolute Gasteiger partial charge is 0.508 e. The van der Waals surface area contributed by atoms with Crippen molar-refractivity contribution in [3.05, 3.63) is 95.1 Å². The molecule has 0 aliphatic heterocycles. The van der Waals surface area contributed by atoms with E-state index in [9.17, 15) is 30.6 Å². The summed E-state index contributed by atoms with van der Waals surface area (Å²) in [6, 6.07) is 17.9. The third-order valence-corrected chi connectivity index (χ3v) is 5.15. The fourth-order valence-electron chi connectivity index (χ4n) is 3.37. The Bertz CT molecular complexity index is 1360. The molecule has 0 fully saturated rings. The van der Waals surface area contributed by atoms with Gasteiger partial charge < -0.3 is 30.6 Å². The van der Waals surface area contributed by atoms with E-state index in [1.54, 1.807) is 48.6 Å². The van der Waals surface area contributed by atoms with E-state index in [-0.39, 0.29) is 45.9 Å². The van der Waals surface area contributed by atoms with E-state index in [1.807, 2.05) is 0 Å². The zero-order valence-electron chi connectivity index (χ0n) is 18.8. The summed E-state index contributed by atoms with van der Waals surface area (Å²) in [6.45, 7) is 0. The van der Waals surface area contributed by atoms with Gasteiger partial charge >= 0.3 is 0 Å². The fraction of sp³-hybridized carbons (Fsp3) is 0. The third-order valence-electron chi connectivity index (χ3n) is 5.15. The zero-order chi connectivity index (χ0) is 25.7. The lowest BCUT2D eigenvalue weighted by atomic mass is 10.1. The highest BCUT2D eigenvalue weighted by atomic mass is 16.3. The minimum Gasteiger partial charge on any atom is -0.508 e. The normalized spacial score (nSPS) is 11.7. The number of hydrogen-bond acceptors (Lipinski definition) is 8. The van der Waals surface area contributed by atoms with Gasteiger partial charge in [0.2, 0.25) is 0 Å². The van der Waals surface area contributed by atoms with Crippen LogP contribution in [0.1, 0.15) is 22.3 Å². The standard InChI is InChI=1S/C28H22N2O6/c31-21-9-3-17(4-10-21)1-7-19-13-23(33)15-25(35)27(19)29-30-28-20(14-24(34)16-26(28)36)8-2-18-5-11-22(32)12-6-18/h1-16,31-36H. The van der Waals surface area contributed by atoms with E-state index in [0.29, 0.717) is 11.1 Å². The van der Waals surface area contributed by atoms with Crippen molar-refractivity contribution in [2.75, 3.05) is 0 Å². The summed E-state index contributed by atoms with van der Waals surface area (Å²) in [7, 11) is 0. The summed E-state index contributed by atoms with van der Waals surface area (Å²) in [4.78, 5) is 0. The fourth-order valence-corrected chi connectivity index (χ4v) is 3.37. The number of phenolic OH excluding ortho intramolecular Hbond substituents is 6. The van der Waals surface area contributed by atoms with Crippen molar-refractivity contribution in [2.45, 2.75) is 0 Å². The van der Waals surface area contributed by atoms with Crippen LogP contribution in [-0.2, 0) is 0 Å². The number of rotatable bonds is 6. The molecule has 0 aromatic heterocycles. The number of nitrogens with zero attached hydrogens (tertiary/aromatic N) is 2. The Morgan fingerprint density at radius 1 is 0.417 bits per heavy atom. The summed E-state index contributed by atoms with van der Waals surface area (Å²) in [5, 5.41) is 67.9. The lowest BCUT2D eigenvalue weighted by Crippen LogP contribution is -1.80. The summed E-state index contributed by atoms with van der Waals surface area (Å²) in [5.74, 6) is -0.767. The maximum Gasteiger partial charge on any atom is 0.147 e. The Morgan fingerprint density at radius 2 is 0.778 bits per heavy atom. The molecule has 4 aromatic rings. The van der Waals surface area contributed by atoms with Crippen molar-refractivity contribution >= 4 is 35.7 Å². The van der Waals surface area contributed by atoms with Crippen molar-refractivity contribution in [3.8, 4) is 34.5 Å². The van der Waals surface area contributed by atoms with Gasteiger partial charge in [0, 0.05) is 23.3 Å². The Kier molecular flexibility index (Phi) is 6.87. The van der Waals surface area contributed by atoms with Gasteiger partial charge in [-0.25, -0.2) is 0 Å². The van der Waals surface area contributed by atoms with Crippen LogP contribution in [0.15, 0.2) is 83.0 Å². The average Bonchev–Trinajstić information content (AvgIpc) is 2.83. The van der Waals surface area contributed by atoms with Crippen molar-refractivity contribution in [1.29, 1.82) is 0 Å². The van der Waals surface area contributed by atoms with Gasteiger partial charge in [0.05, 0.1) is 0 Å². The molecule has 0 saturated heterocycles. The topological polar surface area (TPSA) is 146 Å². The second-order valence-corrected chi connectivity index (χ2v) is 7.86. The van der Waals surface area contributed by atoms with Crippen molar-refractivity contribution in [1.82, 2.24) is 0 Å². The molecule has 0 aliphatic rings. The van der Waals surface area contributed by atoms with E-state index in [1.165, 1.54) is 36.4 Å². The molecular formula is C28H22N2O6. The molecular weight excluding hydrogens is 460 g/mol. The first-order valence-corrected chi connectivity index (χ1v) is 10.8. The summed E-state index contributed by atoms with van der Waals surface area (Å²) >= 11 is 0. The van der Waals surface area contributed by atoms with Crippen LogP contribution in [0.2, 0.25) is 0 Å². The summed E-state index contributed by atoms with van der Waals surface area (Å²) in [5.41, 5.74) is 2.31. The molecule has 0 radical (unpaired) electrons. The van der Waals surface area contributed by atoms with E-state index in [0.717, 1.165) is 23.3 Å². The molecule has 180 valence electrons. The molecule has 0 heterocycles. The SMILES string of the molecule is Oc1ccc(C=Cc2cc(O)cc(O)c2N=Nc2c(O)cc(O)cc2C=Cc2ccc(O)cc2)cc1. The Balaban J connectivity index is 1.71. The van der Waals surface area contributed by atoms with Gasteiger partial charge in [0.1, 0.15) is 45.9 Å². The van der Waals surface area contributed by atoms with Crippen LogP contribution in [-0.4, -0.2) is 30.6 Å². The predicted molar refractivity (Wildman–Crippen MR) is 138 cm³/mol. The first kappa shape index (κ1) is 23.9. The molecule has 0 saturated carbocycles. The van der Waals surface area contributed by atoms with Gasteiger partial charge in [0.25, 0.3) is 0 Å². The number of phenols is 6. The van der Waals surface area contributed by atoms with Crippen molar-refractivity contribution < 1.29 is 30.6 Å². The second kappa shape index (κ2) is 10.4. The highest BCUT2D eigenvalue weighted by Gasteiger charge is 2.12. The summed E-state index contributed by atoms with van der Waals surface area (Å²) < 4.78 is 0. The van der Waals surface area contributed by atoms with E-state index in [4.69, 9.17) is 0 Å². The van der Waals surface area contributed by atoms with E-state index in [2.05, 4.69) is 10.2 Å². The van der Waals surface area contributed by atoms with Gasteiger partial charge in [-0.15, -0.1) is 10.2 Å². The highest BCUT2D eigenvalue weighted by Crippen LogP contribution is 2.40. The molecule has 0 spiro atoms. The van der Waals surface area contributed by atoms with Crippen LogP contribution in [0.4, 0.5) is 11.4 Å². The molecule has 4 aromatic carbocycles. The zero-order valence-corrected chi connectivity index (χ0v) is 18.8. The predicted octanol–water partition coefficient (Wildman–Crippen LogP) is 6.68. The van der Waals surface area contributed by atoms with E-state index < -0.39 is 0 Å². The molecule has 0 aliphatic carbocycles. The lowest BCUT2D eigenvalue weighted by molar-refractivity contribution is 0.449. The van der Waals surface area contributed by atoms with Gasteiger partial charge in [-0.3, -0.25) is 0 Å². The number of benzene rings is 4. The molecule has 36 heavy (non-hydrogen) atoms. The Labute approximate surface area is 206 Å². The maximum absolute atomic E-state index is 10.4. The van der Waals surface area contributed by atoms with Crippen LogP contribution in [0.3, 0.4) is 0 Å². The molecule has 8 nitrogen and oxygen atoms in total. The van der Waals surface area contributed by atoms with Crippen molar-refractivity contribution in [2.24, 2.45) is 10.2 Å². The minimum atomic E-state index is -0.330. The Morgan fingerprint density at radius 3 is 1.14 bits per heavy atom. The van der Waals surface area contributed by atoms with Crippen LogP contribution < -0.4 is 0 Å². The molecule has 0 bridgehead atoms.